The Hall–Kier alpha value is -3.08. The molecule has 5 nitrogen and oxygen atoms in total. The second kappa shape index (κ2) is 7.87. The zero-order valence-electron chi connectivity index (χ0n) is 15.0. The van der Waals surface area contributed by atoms with E-state index in [1.54, 1.807) is 13.2 Å². The molecule has 0 aliphatic carbocycles. The number of methoxy groups -OCH3 is 1. The average molecular weight is 350 g/mol. The van der Waals surface area contributed by atoms with Crippen LogP contribution in [-0.4, -0.2) is 24.5 Å². The van der Waals surface area contributed by atoms with Crippen LogP contribution < -0.4 is 15.6 Å². The summed E-state index contributed by atoms with van der Waals surface area (Å²) >= 11 is 0. The molecule has 5 heteroatoms. The van der Waals surface area contributed by atoms with Crippen molar-refractivity contribution in [3.8, 4) is 5.75 Å². The van der Waals surface area contributed by atoms with E-state index in [0.29, 0.717) is 30.7 Å². The Morgan fingerprint density at radius 2 is 1.92 bits per heavy atom. The van der Waals surface area contributed by atoms with Crippen molar-refractivity contribution in [1.82, 2.24) is 10.3 Å². The number of ether oxygens (including phenoxy) is 1. The van der Waals surface area contributed by atoms with Gasteiger partial charge in [-0.05, 0) is 48.1 Å². The second-order valence-corrected chi connectivity index (χ2v) is 6.28. The molecule has 1 amide bonds. The topological polar surface area (TPSA) is 71.2 Å². The quantitative estimate of drug-likeness (QED) is 0.718. The van der Waals surface area contributed by atoms with E-state index in [-0.39, 0.29) is 11.5 Å². The summed E-state index contributed by atoms with van der Waals surface area (Å²) in [5, 5.41) is 3.83. The maximum atomic E-state index is 12.2. The van der Waals surface area contributed by atoms with Crippen LogP contribution in [0.3, 0.4) is 0 Å². The minimum absolute atomic E-state index is 0.0405. The largest absolute Gasteiger partial charge is 0.497 e. The van der Waals surface area contributed by atoms with Gasteiger partial charge in [-0.3, -0.25) is 9.59 Å². The zero-order chi connectivity index (χ0) is 18.5. The van der Waals surface area contributed by atoms with Crippen LogP contribution in [0.5, 0.6) is 5.75 Å². The van der Waals surface area contributed by atoms with Crippen LogP contribution in [0, 0.1) is 6.92 Å². The number of carbonyl (C=O) groups is 1. The molecule has 0 aliphatic rings. The van der Waals surface area contributed by atoms with E-state index in [4.69, 9.17) is 4.74 Å². The van der Waals surface area contributed by atoms with Crippen molar-refractivity contribution in [3.05, 3.63) is 75.6 Å². The van der Waals surface area contributed by atoms with Crippen LogP contribution >= 0.6 is 0 Å². The minimum atomic E-state index is -0.140. The molecule has 0 saturated heterocycles. The fourth-order valence-corrected chi connectivity index (χ4v) is 2.92. The smallest absolute Gasteiger partial charge is 0.251 e. The molecule has 0 atom stereocenters. The van der Waals surface area contributed by atoms with Crippen molar-refractivity contribution in [3.63, 3.8) is 0 Å². The van der Waals surface area contributed by atoms with Crippen molar-refractivity contribution in [2.45, 2.75) is 19.8 Å². The monoisotopic (exact) mass is 350 g/mol. The first-order valence-electron chi connectivity index (χ1n) is 8.58. The van der Waals surface area contributed by atoms with Crippen LogP contribution in [0.4, 0.5) is 0 Å². The zero-order valence-corrected chi connectivity index (χ0v) is 15.0. The normalized spacial score (nSPS) is 10.7. The van der Waals surface area contributed by atoms with Gasteiger partial charge in [0, 0.05) is 18.2 Å². The van der Waals surface area contributed by atoms with Crippen molar-refractivity contribution in [2.24, 2.45) is 0 Å². The lowest BCUT2D eigenvalue weighted by atomic mass is 10.1. The van der Waals surface area contributed by atoms with Crippen molar-refractivity contribution >= 4 is 16.8 Å². The number of aryl methyl sites for hydroxylation is 1. The SMILES string of the molecule is COc1ccc2cc(CCNC(=O)Cc3ccccc3C)c(=O)[nH]c2c1. The average Bonchev–Trinajstić information content (AvgIpc) is 2.63. The summed E-state index contributed by atoms with van der Waals surface area (Å²) in [6.07, 6.45) is 0.831. The van der Waals surface area contributed by atoms with Gasteiger partial charge in [0.05, 0.1) is 19.0 Å². The number of rotatable bonds is 6. The molecule has 3 rings (SSSR count). The lowest BCUT2D eigenvalue weighted by Gasteiger charge is -2.08. The Morgan fingerprint density at radius 1 is 1.12 bits per heavy atom. The Kier molecular flexibility index (Phi) is 5.37. The molecule has 2 aromatic carbocycles. The first-order valence-corrected chi connectivity index (χ1v) is 8.58. The van der Waals surface area contributed by atoms with Gasteiger partial charge < -0.3 is 15.0 Å². The fraction of sp³-hybridized carbons (Fsp3) is 0.238. The molecule has 0 spiro atoms. The number of carbonyl (C=O) groups excluding carboxylic acids is 1. The number of benzene rings is 2. The van der Waals surface area contributed by atoms with Crippen LogP contribution in [0.25, 0.3) is 10.9 Å². The number of hydrogen-bond acceptors (Lipinski definition) is 3. The van der Waals surface area contributed by atoms with Crippen molar-refractivity contribution in [1.29, 1.82) is 0 Å². The van der Waals surface area contributed by atoms with E-state index in [1.807, 2.05) is 49.4 Å². The predicted octanol–water partition coefficient (Wildman–Crippen LogP) is 2.75. The maximum absolute atomic E-state index is 12.2. The van der Waals surface area contributed by atoms with Gasteiger partial charge in [-0.1, -0.05) is 24.3 Å². The molecule has 26 heavy (non-hydrogen) atoms. The third-order valence-electron chi connectivity index (χ3n) is 4.46. The number of hydrogen-bond donors (Lipinski definition) is 2. The van der Waals surface area contributed by atoms with Gasteiger partial charge in [0.1, 0.15) is 5.75 Å². The van der Waals surface area contributed by atoms with Gasteiger partial charge in [0.25, 0.3) is 5.56 Å². The molecule has 1 aromatic heterocycles. The summed E-state index contributed by atoms with van der Waals surface area (Å²) in [7, 11) is 1.59. The van der Waals surface area contributed by atoms with E-state index in [0.717, 1.165) is 22.0 Å². The van der Waals surface area contributed by atoms with E-state index in [2.05, 4.69) is 10.3 Å². The predicted molar refractivity (Wildman–Crippen MR) is 103 cm³/mol. The molecule has 134 valence electrons. The fourth-order valence-electron chi connectivity index (χ4n) is 2.92. The summed E-state index contributed by atoms with van der Waals surface area (Å²) in [6.45, 7) is 2.42. The Balaban J connectivity index is 1.62. The molecule has 0 radical (unpaired) electrons. The molecule has 0 bridgehead atoms. The highest BCUT2D eigenvalue weighted by Crippen LogP contribution is 2.18. The highest BCUT2D eigenvalue weighted by atomic mass is 16.5. The maximum Gasteiger partial charge on any atom is 0.251 e. The van der Waals surface area contributed by atoms with Crippen LogP contribution in [0.1, 0.15) is 16.7 Å². The number of nitrogens with one attached hydrogen (secondary N) is 2. The molecular formula is C21H22N2O3. The number of pyridine rings is 1. The first kappa shape index (κ1) is 17.7. The Bertz CT molecular complexity index is 992. The van der Waals surface area contributed by atoms with E-state index in [9.17, 15) is 9.59 Å². The molecule has 0 aliphatic heterocycles. The van der Waals surface area contributed by atoms with Crippen molar-refractivity contribution < 1.29 is 9.53 Å². The van der Waals surface area contributed by atoms with Gasteiger partial charge in [0.2, 0.25) is 5.91 Å². The number of H-pyrrole nitrogens is 1. The van der Waals surface area contributed by atoms with Crippen LogP contribution in [-0.2, 0) is 17.6 Å². The summed E-state index contributed by atoms with van der Waals surface area (Å²) in [4.78, 5) is 27.2. The molecule has 3 aromatic rings. The van der Waals surface area contributed by atoms with Gasteiger partial charge in [0.15, 0.2) is 0 Å². The standard InChI is InChI=1S/C21H22N2O3/c1-14-5-3-4-6-15(14)12-20(24)22-10-9-17-11-16-7-8-18(26-2)13-19(16)23-21(17)25/h3-8,11,13H,9-10,12H2,1-2H3,(H,22,24)(H,23,25). The summed E-state index contributed by atoms with van der Waals surface area (Å²) in [5.41, 5.74) is 3.37. The number of aromatic nitrogens is 1. The molecule has 0 unspecified atom stereocenters. The molecule has 0 fully saturated rings. The Labute approximate surface area is 152 Å². The summed E-state index contributed by atoms with van der Waals surface area (Å²) in [5.74, 6) is 0.658. The lowest BCUT2D eigenvalue weighted by molar-refractivity contribution is -0.120. The van der Waals surface area contributed by atoms with E-state index >= 15 is 0 Å². The van der Waals surface area contributed by atoms with Gasteiger partial charge >= 0.3 is 0 Å². The van der Waals surface area contributed by atoms with Gasteiger partial charge in [-0.25, -0.2) is 0 Å². The highest BCUT2D eigenvalue weighted by Gasteiger charge is 2.07. The first-order chi connectivity index (χ1) is 12.6. The molecule has 2 N–H and O–H groups in total. The number of fused-ring (bicyclic) bond motifs is 1. The number of aromatic amines is 1. The molecule has 1 heterocycles. The second-order valence-electron chi connectivity index (χ2n) is 6.28. The highest BCUT2D eigenvalue weighted by molar-refractivity contribution is 5.80. The lowest BCUT2D eigenvalue weighted by Crippen LogP contribution is -2.28. The van der Waals surface area contributed by atoms with Gasteiger partial charge in [-0.2, -0.15) is 0 Å². The van der Waals surface area contributed by atoms with Crippen LogP contribution in [0.2, 0.25) is 0 Å². The number of amides is 1. The van der Waals surface area contributed by atoms with Crippen molar-refractivity contribution in [2.75, 3.05) is 13.7 Å². The molecular weight excluding hydrogens is 328 g/mol. The minimum Gasteiger partial charge on any atom is -0.497 e. The summed E-state index contributed by atoms with van der Waals surface area (Å²) < 4.78 is 5.17. The third-order valence-corrected chi connectivity index (χ3v) is 4.46. The van der Waals surface area contributed by atoms with E-state index in [1.165, 1.54) is 0 Å². The van der Waals surface area contributed by atoms with E-state index < -0.39 is 0 Å². The molecule has 0 saturated carbocycles. The van der Waals surface area contributed by atoms with Gasteiger partial charge in [-0.15, -0.1) is 0 Å². The third kappa shape index (κ3) is 4.11. The summed E-state index contributed by atoms with van der Waals surface area (Å²) in [6, 6.07) is 15.3. The van der Waals surface area contributed by atoms with Crippen LogP contribution in [0.15, 0.2) is 53.3 Å². The Morgan fingerprint density at radius 3 is 2.69 bits per heavy atom.